The van der Waals surface area contributed by atoms with Gasteiger partial charge in [-0.1, -0.05) is 9.39 Å². The number of hydrogen-bond acceptors (Lipinski definition) is 2. The van der Waals surface area contributed by atoms with Gasteiger partial charge in [0.05, 0.1) is 0 Å². The second kappa shape index (κ2) is 4.23. The molecule has 0 heterocycles. The van der Waals surface area contributed by atoms with Crippen molar-refractivity contribution in [1.29, 1.82) is 0 Å². The van der Waals surface area contributed by atoms with Gasteiger partial charge in [-0.25, -0.2) is 0 Å². The summed E-state index contributed by atoms with van der Waals surface area (Å²) >= 11 is 0. The van der Waals surface area contributed by atoms with Crippen LogP contribution < -0.4 is 5.09 Å². The molecule has 0 aliphatic heterocycles. The third-order valence-corrected chi connectivity index (χ3v) is 1.30. The third-order valence-electron chi connectivity index (χ3n) is 0.734. The Labute approximate surface area is 45.9 Å². The molecular formula is C4H10NOP. The van der Waals surface area contributed by atoms with Gasteiger partial charge in [-0.2, -0.15) is 0 Å². The molecule has 0 fully saturated rings. The first-order valence-electron chi connectivity index (χ1n) is 2.21. The maximum Gasteiger partial charge on any atom is 0.121 e. The Balaban J connectivity index is 2.98. The molecule has 2 atom stereocenters. The lowest BCUT2D eigenvalue weighted by Gasteiger charge is -2.01. The van der Waals surface area contributed by atoms with Crippen molar-refractivity contribution in [2.45, 2.75) is 19.4 Å². The van der Waals surface area contributed by atoms with Gasteiger partial charge in [-0.15, -0.1) is 0 Å². The van der Waals surface area contributed by atoms with Crippen LogP contribution in [-0.2, 0) is 4.79 Å². The summed E-state index contributed by atoms with van der Waals surface area (Å²) in [4.78, 5) is 9.72. The number of rotatable bonds is 3. The highest BCUT2D eigenvalue weighted by Crippen LogP contribution is 1.86. The van der Waals surface area contributed by atoms with Crippen molar-refractivity contribution in [3.05, 3.63) is 0 Å². The highest BCUT2D eigenvalue weighted by atomic mass is 31.0. The Morgan fingerprint density at radius 1 is 2.00 bits per heavy atom. The number of carbonyl (C=O) groups excluding carboxylic acids is 1. The maximum atomic E-state index is 9.72. The Hall–Kier alpha value is 0.0600. The Bertz CT molecular complexity index is 57.7. The predicted molar refractivity (Wildman–Crippen MR) is 33.0 cm³/mol. The lowest BCUT2D eigenvalue weighted by molar-refractivity contribution is -0.108. The fourth-order valence-electron chi connectivity index (χ4n) is 0.212. The van der Waals surface area contributed by atoms with E-state index in [9.17, 15) is 4.79 Å². The van der Waals surface area contributed by atoms with E-state index < -0.39 is 0 Å². The van der Waals surface area contributed by atoms with Gasteiger partial charge >= 0.3 is 0 Å². The van der Waals surface area contributed by atoms with Crippen LogP contribution in [0.2, 0.25) is 0 Å². The highest BCUT2D eigenvalue weighted by molar-refractivity contribution is 7.13. The summed E-state index contributed by atoms with van der Waals surface area (Å²) in [6.45, 7) is 1.95. The molecule has 0 amide bonds. The molecule has 0 aromatic heterocycles. The fourth-order valence-corrected chi connectivity index (χ4v) is 0.348. The fraction of sp³-hybridized carbons (Fsp3) is 0.750. The first-order valence-corrected chi connectivity index (χ1v) is 2.78. The van der Waals surface area contributed by atoms with Crippen molar-refractivity contribution in [3.63, 3.8) is 0 Å². The maximum absolute atomic E-state index is 9.72. The molecule has 2 unspecified atom stereocenters. The first kappa shape index (κ1) is 7.06. The zero-order valence-electron chi connectivity index (χ0n) is 4.35. The molecule has 0 saturated heterocycles. The van der Waals surface area contributed by atoms with E-state index in [-0.39, 0.29) is 0 Å². The van der Waals surface area contributed by atoms with Crippen LogP contribution in [0.4, 0.5) is 0 Å². The molecule has 0 radical (unpaired) electrons. The molecule has 42 valence electrons. The van der Waals surface area contributed by atoms with E-state index in [4.69, 9.17) is 0 Å². The molecule has 7 heavy (non-hydrogen) atoms. The van der Waals surface area contributed by atoms with E-state index in [1.54, 1.807) is 0 Å². The van der Waals surface area contributed by atoms with Crippen molar-refractivity contribution >= 4 is 15.7 Å². The molecule has 0 spiro atoms. The standard InChI is InChI=1S/C4H10NOP/c1-4(5-7)2-3-6/h3-5H,2,7H2,1H3. The van der Waals surface area contributed by atoms with E-state index in [0.29, 0.717) is 12.5 Å². The van der Waals surface area contributed by atoms with Crippen LogP contribution in [0.15, 0.2) is 0 Å². The zero-order chi connectivity index (χ0) is 5.70. The van der Waals surface area contributed by atoms with E-state index in [1.807, 2.05) is 6.92 Å². The van der Waals surface area contributed by atoms with Gasteiger partial charge < -0.3 is 4.79 Å². The minimum atomic E-state index is 0.294. The predicted octanol–water partition coefficient (Wildman–Crippen LogP) is 0.344. The summed E-state index contributed by atoms with van der Waals surface area (Å²) in [5.74, 6) is 0. The van der Waals surface area contributed by atoms with Crippen molar-refractivity contribution in [2.24, 2.45) is 0 Å². The van der Waals surface area contributed by atoms with Crippen LogP contribution in [0.25, 0.3) is 0 Å². The minimum absolute atomic E-state index is 0.294. The molecular weight excluding hydrogens is 109 g/mol. The summed E-state index contributed by atoms with van der Waals surface area (Å²) in [5.41, 5.74) is 0. The zero-order valence-corrected chi connectivity index (χ0v) is 5.50. The van der Waals surface area contributed by atoms with Crippen LogP contribution in [-0.4, -0.2) is 12.3 Å². The van der Waals surface area contributed by atoms with Gasteiger partial charge in [0.15, 0.2) is 0 Å². The molecule has 0 aromatic rings. The van der Waals surface area contributed by atoms with Crippen LogP contribution in [0.5, 0.6) is 0 Å². The SMILES string of the molecule is CC(CC=O)NP. The monoisotopic (exact) mass is 119 g/mol. The number of aldehydes is 1. The quantitative estimate of drug-likeness (QED) is 0.429. The normalized spacial score (nSPS) is 13.4. The van der Waals surface area contributed by atoms with Crippen LogP contribution >= 0.6 is 9.39 Å². The van der Waals surface area contributed by atoms with E-state index in [1.165, 1.54) is 0 Å². The average Bonchev–Trinajstić information content (AvgIpc) is 1.68. The number of hydrogen-bond donors (Lipinski definition) is 1. The smallest absolute Gasteiger partial charge is 0.121 e. The Morgan fingerprint density at radius 2 is 2.57 bits per heavy atom. The molecule has 0 aliphatic carbocycles. The molecule has 3 heteroatoms. The van der Waals surface area contributed by atoms with Crippen molar-refractivity contribution in [1.82, 2.24) is 5.09 Å². The molecule has 1 N–H and O–H groups in total. The topological polar surface area (TPSA) is 29.1 Å². The summed E-state index contributed by atoms with van der Waals surface area (Å²) in [6.07, 6.45) is 1.49. The number of nitrogens with one attached hydrogen (secondary N) is 1. The average molecular weight is 119 g/mol. The molecule has 0 saturated carbocycles. The number of carbonyl (C=O) groups is 1. The second-order valence-electron chi connectivity index (χ2n) is 1.47. The largest absolute Gasteiger partial charge is 0.303 e. The second-order valence-corrected chi connectivity index (χ2v) is 1.80. The van der Waals surface area contributed by atoms with Crippen LogP contribution in [0.3, 0.4) is 0 Å². The van der Waals surface area contributed by atoms with Gasteiger partial charge in [0.1, 0.15) is 6.29 Å². The minimum Gasteiger partial charge on any atom is -0.303 e. The van der Waals surface area contributed by atoms with Crippen molar-refractivity contribution < 1.29 is 4.79 Å². The Morgan fingerprint density at radius 3 is 2.71 bits per heavy atom. The summed E-state index contributed by atoms with van der Waals surface area (Å²) < 4.78 is 0. The molecule has 0 aliphatic rings. The third kappa shape index (κ3) is 3.90. The van der Waals surface area contributed by atoms with Gasteiger partial charge in [0, 0.05) is 12.5 Å². The van der Waals surface area contributed by atoms with Crippen molar-refractivity contribution in [3.8, 4) is 0 Å². The van der Waals surface area contributed by atoms with Gasteiger partial charge in [0.2, 0.25) is 0 Å². The van der Waals surface area contributed by atoms with Gasteiger partial charge in [-0.3, -0.25) is 5.09 Å². The lowest BCUT2D eigenvalue weighted by Crippen LogP contribution is -2.14. The van der Waals surface area contributed by atoms with E-state index >= 15 is 0 Å². The lowest BCUT2D eigenvalue weighted by atomic mass is 10.3. The first-order chi connectivity index (χ1) is 3.31. The molecule has 0 bridgehead atoms. The van der Waals surface area contributed by atoms with Gasteiger partial charge in [-0.05, 0) is 6.92 Å². The highest BCUT2D eigenvalue weighted by Gasteiger charge is 1.91. The molecule has 0 aromatic carbocycles. The summed E-state index contributed by atoms with van der Waals surface area (Å²) in [5, 5.41) is 2.85. The van der Waals surface area contributed by atoms with Crippen LogP contribution in [0, 0.1) is 0 Å². The van der Waals surface area contributed by atoms with E-state index in [2.05, 4.69) is 14.5 Å². The summed E-state index contributed by atoms with van der Waals surface area (Å²) in [6, 6.07) is 0.294. The molecule has 0 rings (SSSR count). The molecule has 2 nitrogen and oxygen atoms in total. The van der Waals surface area contributed by atoms with Crippen LogP contribution in [0.1, 0.15) is 13.3 Å². The van der Waals surface area contributed by atoms with E-state index in [0.717, 1.165) is 6.29 Å². The Kier molecular flexibility index (Phi) is 4.26. The summed E-state index contributed by atoms with van der Waals surface area (Å²) in [7, 11) is 2.36. The van der Waals surface area contributed by atoms with Crippen molar-refractivity contribution in [2.75, 3.05) is 0 Å². The van der Waals surface area contributed by atoms with Gasteiger partial charge in [0.25, 0.3) is 0 Å².